The molecule has 1 aromatic rings. The zero-order valence-corrected chi connectivity index (χ0v) is 13.4. The minimum absolute atomic E-state index is 0.196. The van der Waals surface area contributed by atoms with Crippen molar-refractivity contribution in [3.05, 3.63) is 27.3 Å². The number of benzene rings is 1. The maximum atomic E-state index is 12.2. The van der Waals surface area contributed by atoms with Gasteiger partial charge in [0.25, 0.3) is 0 Å². The summed E-state index contributed by atoms with van der Waals surface area (Å²) in [6, 6.07) is 6.16. The summed E-state index contributed by atoms with van der Waals surface area (Å²) in [4.78, 5) is 12.2. The molecular formula is C16H20INO. The molecule has 0 heterocycles. The van der Waals surface area contributed by atoms with Gasteiger partial charge in [0.05, 0.1) is 0 Å². The number of carbonyl (C=O) groups excluding carboxylic acids is 1. The SMILES string of the molecule is Cc1cc(I)ccc1NC(=O)C[C@@H]1C[C@H]2CC[C@@H]1C2. The molecule has 2 aliphatic rings. The third-order valence-corrected chi connectivity index (χ3v) is 5.47. The van der Waals surface area contributed by atoms with E-state index in [9.17, 15) is 4.79 Å². The summed E-state index contributed by atoms with van der Waals surface area (Å²) >= 11 is 2.30. The zero-order valence-electron chi connectivity index (χ0n) is 11.3. The van der Waals surface area contributed by atoms with E-state index in [1.54, 1.807) is 0 Å². The van der Waals surface area contributed by atoms with Crippen LogP contribution in [0.25, 0.3) is 0 Å². The predicted molar refractivity (Wildman–Crippen MR) is 86.1 cm³/mol. The predicted octanol–water partition coefficient (Wildman–Crippen LogP) is 4.36. The molecule has 1 N–H and O–H groups in total. The van der Waals surface area contributed by atoms with Gasteiger partial charge in [0.15, 0.2) is 0 Å². The van der Waals surface area contributed by atoms with Crippen molar-refractivity contribution in [3.8, 4) is 0 Å². The minimum Gasteiger partial charge on any atom is -0.326 e. The number of anilines is 1. The van der Waals surface area contributed by atoms with Gasteiger partial charge in [0.1, 0.15) is 0 Å². The van der Waals surface area contributed by atoms with Gasteiger partial charge in [-0.2, -0.15) is 0 Å². The average Bonchev–Trinajstić information content (AvgIpc) is 2.95. The van der Waals surface area contributed by atoms with Crippen LogP contribution >= 0.6 is 22.6 Å². The Morgan fingerprint density at radius 1 is 1.37 bits per heavy atom. The monoisotopic (exact) mass is 369 g/mol. The average molecular weight is 369 g/mol. The van der Waals surface area contributed by atoms with Crippen LogP contribution in [0.1, 0.15) is 37.7 Å². The maximum Gasteiger partial charge on any atom is 0.224 e. The number of amides is 1. The van der Waals surface area contributed by atoms with Crippen molar-refractivity contribution in [2.75, 3.05) is 5.32 Å². The Bertz CT molecular complexity index is 500. The second kappa shape index (κ2) is 5.43. The molecule has 2 saturated carbocycles. The first-order valence-corrected chi connectivity index (χ1v) is 8.25. The molecule has 1 amide bonds. The van der Waals surface area contributed by atoms with Gasteiger partial charge in [-0.25, -0.2) is 0 Å². The Labute approximate surface area is 128 Å². The lowest BCUT2D eigenvalue weighted by molar-refractivity contribution is -0.117. The van der Waals surface area contributed by atoms with Gasteiger partial charge in [-0.05, 0) is 90.3 Å². The number of nitrogens with one attached hydrogen (secondary N) is 1. The third-order valence-electron chi connectivity index (χ3n) is 4.79. The minimum atomic E-state index is 0.196. The lowest BCUT2D eigenvalue weighted by Gasteiger charge is -2.21. The molecule has 0 aliphatic heterocycles. The molecule has 3 atom stereocenters. The largest absolute Gasteiger partial charge is 0.326 e. The third kappa shape index (κ3) is 2.96. The normalized spacial score (nSPS) is 28.6. The maximum absolute atomic E-state index is 12.2. The van der Waals surface area contributed by atoms with E-state index in [0.717, 1.165) is 23.1 Å². The first kappa shape index (κ1) is 13.4. The van der Waals surface area contributed by atoms with Gasteiger partial charge in [0, 0.05) is 15.7 Å². The van der Waals surface area contributed by atoms with Gasteiger partial charge in [-0.1, -0.05) is 6.42 Å². The van der Waals surface area contributed by atoms with Crippen LogP contribution in [0.5, 0.6) is 0 Å². The fourth-order valence-corrected chi connectivity index (χ4v) is 4.48. The van der Waals surface area contributed by atoms with Crippen LogP contribution in [-0.2, 0) is 4.79 Å². The van der Waals surface area contributed by atoms with E-state index in [-0.39, 0.29) is 5.91 Å². The van der Waals surface area contributed by atoms with E-state index >= 15 is 0 Å². The molecule has 2 fully saturated rings. The van der Waals surface area contributed by atoms with Crippen LogP contribution in [0.2, 0.25) is 0 Å². The molecule has 0 unspecified atom stereocenters. The number of fused-ring (bicyclic) bond motifs is 2. The zero-order chi connectivity index (χ0) is 13.4. The van der Waals surface area contributed by atoms with Gasteiger partial charge >= 0.3 is 0 Å². The molecule has 3 rings (SSSR count). The Balaban J connectivity index is 1.59. The highest BCUT2D eigenvalue weighted by Gasteiger charge is 2.40. The summed E-state index contributed by atoms with van der Waals surface area (Å²) < 4.78 is 1.21. The first-order chi connectivity index (χ1) is 9.11. The topological polar surface area (TPSA) is 29.1 Å². The van der Waals surface area contributed by atoms with E-state index in [1.807, 2.05) is 12.1 Å². The number of rotatable bonds is 3. The second-order valence-corrected chi connectivity index (χ2v) is 7.39. The molecule has 102 valence electrons. The molecular weight excluding hydrogens is 349 g/mol. The van der Waals surface area contributed by atoms with Crippen LogP contribution in [0.15, 0.2) is 18.2 Å². The van der Waals surface area contributed by atoms with Crippen molar-refractivity contribution in [1.82, 2.24) is 0 Å². The van der Waals surface area contributed by atoms with Crippen molar-refractivity contribution in [2.45, 2.75) is 39.0 Å². The first-order valence-electron chi connectivity index (χ1n) is 7.18. The van der Waals surface area contributed by atoms with E-state index < -0.39 is 0 Å². The van der Waals surface area contributed by atoms with Gasteiger partial charge in [-0.15, -0.1) is 0 Å². The van der Waals surface area contributed by atoms with E-state index in [1.165, 1.54) is 29.3 Å². The van der Waals surface area contributed by atoms with E-state index in [4.69, 9.17) is 0 Å². The van der Waals surface area contributed by atoms with Crippen LogP contribution in [0.4, 0.5) is 5.69 Å². The van der Waals surface area contributed by atoms with Gasteiger partial charge < -0.3 is 5.32 Å². The molecule has 1 aromatic carbocycles. The van der Waals surface area contributed by atoms with Gasteiger partial charge in [-0.3, -0.25) is 4.79 Å². The highest BCUT2D eigenvalue weighted by Crippen LogP contribution is 2.49. The smallest absolute Gasteiger partial charge is 0.224 e. The van der Waals surface area contributed by atoms with Crippen molar-refractivity contribution < 1.29 is 4.79 Å². The number of hydrogen-bond acceptors (Lipinski definition) is 1. The highest BCUT2D eigenvalue weighted by atomic mass is 127. The van der Waals surface area contributed by atoms with Crippen LogP contribution < -0.4 is 5.32 Å². The second-order valence-electron chi connectivity index (χ2n) is 6.15. The van der Waals surface area contributed by atoms with Crippen molar-refractivity contribution in [2.24, 2.45) is 17.8 Å². The fourth-order valence-electron chi connectivity index (χ4n) is 3.83. The Hall–Kier alpha value is -0.580. The van der Waals surface area contributed by atoms with Crippen molar-refractivity contribution in [1.29, 1.82) is 0 Å². The molecule has 2 bridgehead atoms. The summed E-state index contributed by atoms with van der Waals surface area (Å²) in [6.07, 6.45) is 6.13. The molecule has 0 radical (unpaired) electrons. The summed E-state index contributed by atoms with van der Waals surface area (Å²) in [5.41, 5.74) is 2.11. The molecule has 0 saturated heterocycles. The number of carbonyl (C=O) groups is 1. The standard InChI is InChI=1S/C16H20INO/c1-10-6-14(17)4-5-15(10)18-16(19)9-13-8-11-2-3-12(13)7-11/h4-6,11-13H,2-3,7-9H2,1H3,(H,18,19)/t11-,12+,13-/m0/s1. The van der Waals surface area contributed by atoms with Crippen molar-refractivity contribution in [3.63, 3.8) is 0 Å². The molecule has 2 nitrogen and oxygen atoms in total. The Kier molecular flexibility index (Phi) is 3.83. The molecule has 2 aliphatic carbocycles. The van der Waals surface area contributed by atoms with Crippen LogP contribution in [0, 0.1) is 28.2 Å². The fraction of sp³-hybridized carbons (Fsp3) is 0.562. The summed E-state index contributed by atoms with van der Waals surface area (Å²) in [5, 5.41) is 3.08. The van der Waals surface area contributed by atoms with Crippen LogP contribution in [-0.4, -0.2) is 5.91 Å². The molecule has 0 spiro atoms. The summed E-state index contributed by atoms with van der Waals surface area (Å²) in [7, 11) is 0. The van der Waals surface area contributed by atoms with Gasteiger partial charge in [0.2, 0.25) is 5.91 Å². The summed E-state index contributed by atoms with van der Waals surface area (Å²) in [5.74, 6) is 2.58. The Morgan fingerprint density at radius 3 is 2.84 bits per heavy atom. The number of hydrogen-bond donors (Lipinski definition) is 1. The molecule has 3 heteroatoms. The van der Waals surface area contributed by atoms with E-state index in [2.05, 4.69) is 40.9 Å². The summed E-state index contributed by atoms with van der Waals surface area (Å²) in [6.45, 7) is 2.05. The lowest BCUT2D eigenvalue weighted by Crippen LogP contribution is -2.20. The molecule has 19 heavy (non-hydrogen) atoms. The number of halogens is 1. The number of aryl methyl sites for hydroxylation is 1. The quantitative estimate of drug-likeness (QED) is 0.788. The van der Waals surface area contributed by atoms with Crippen LogP contribution in [0.3, 0.4) is 0 Å². The molecule has 0 aromatic heterocycles. The van der Waals surface area contributed by atoms with Crippen molar-refractivity contribution >= 4 is 34.2 Å². The van der Waals surface area contributed by atoms with E-state index in [0.29, 0.717) is 12.3 Å². The Morgan fingerprint density at radius 2 is 2.21 bits per heavy atom. The highest BCUT2D eigenvalue weighted by molar-refractivity contribution is 14.1. The lowest BCUT2D eigenvalue weighted by atomic mass is 9.86.